The number of hydrogen-bond donors (Lipinski definition) is 0. The number of rotatable bonds is 5. The molecule has 0 aliphatic rings. The molecule has 5 nitrogen and oxygen atoms in total. The quantitative estimate of drug-likeness (QED) is 0.678. The molecule has 0 aliphatic heterocycles. The number of allylic oxidation sites excluding steroid dienone is 1. The number of nitrogens with zero attached hydrogens (tertiary/aromatic N) is 4. The van der Waals surface area contributed by atoms with Gasteiger partial charge in [0.2, 0.25) is 0 Å². The lowest BCUT2D eigenvalue weighted by Gasteiger charge is -2.06. The summed E-state index contributed by atoms with van der Waals surface area (Å²) in [5.74, 6) is 0.777. The number of aryl methyl sites for hydroxylation is 1. The number of carbonyl (C=O) groups is 1. The largest absolute Gasteiger partial charge is 0.306 e. The van der Waals surface area contributed by atoms with Crippen LogP contribution >= 0.6 is 0 Å². The first-order chi connectivity index (χ1) is 11.6. The van der Waals surface area contributed by atoms with Crippen LogP contribution in [0.2, 0.25) is 0 Å². The van der Waals surface area contributed by atoms with Crippen LogP contribution in [0.5, 0.6) is 0 Å². The average molecular weight is 318 g/mol. The van der Waals surface area contributed by atoms with Crippen LogP contribution in [0.1, 0.15) is 29.6 Å². The van der Waals surface area contributed by atoms with Gasteiger partial charge in [0, 0.05) is 42.0 Å². The fourth-order valence-corrected chi connectivity index (χ4v) is 2.36. The molecule has 0 N–H and O–H groups in total. The average Bonchev–Trinajstić information content (AvgIpc) is 3.09. The molecule has 0 saturated heterocycles. The van der Waals surface area contributed by atoms with Gasteiger partial charge < -0.3 is 4.57 Å². The predicted octanol–water partition coefficient (Wildman–Crippen LogP) is 3.16. The minimum atomic E-state index is 0.0106. The Labute approximate surface area is 140 Å². The number of ketones is 1. The summed E-state index contributed by atoms with van der Waals surface area (Å²) in [5.41, 5.74) is 3.94. The van der Waals surface area contributed by atoms with Crippen LogP contribution < -0.4 is 0 Å². The summed E-state index contributed by atoms with van der Waals surface area (Å²) in [6, 6.07) is 8.23. The van der Waals surface area contributed by atoms with Crippen molar-refractivity contribution in [1.29, 1.82) is 0 Å². The molecule has 2 aromatic heterocycles. The van der Waals surface area contributed by atoms with E-state index >= 15 is 0 Å². The molecule has 2 heterocycles. The lowest BCUT2D eigenvalue weighted by molar-refractivity contribution is -0.112. The molecule has 0 saturated carbocycles. The molecule has 5 heteroatoms. The number of aromatic nitrogens is 4. The predicted molar refractivity (Wildman–Crippen MR) is 92.9 cm³/mol. The summed E-state index contributed by atoms with van der Waals surface area (Å²) in [6.07, 6.45) is 11.1. The van der Waals surface area contributed by atoms with E-state index in [1.165, 1.54) is 13.0 Å². The van der Waals surface area contributed by atoms with Gasteiger partial charge in [0.15, 0.2) is 5.78 Å². The lowest BCUT2D eigenvalue weighted by Crippen LogP contribution is -2.00. The van der Waals surface area contributed by atoms with E-state index < -0.39 is 0 Å². The molecule has 0 fully saturated rings. The Kier molecular flexibility index (Phi) is 4.61. The highest BCUT2D eigenvalue weighted by atomic mass is 16.1. The minimum Gasteiger partial charge on any atom is -0.306 e. The topological polar surface area (TPSA) is 60.7 Å². The Morgan fingerprint density at radius 2 is 2.04 bits per heavy atom. The van der Waals surface area contributed by atoms with Gasteiger partial charge in [-0.25, -0.2) is 15.0 Å². The molecule has 24 heavy (non-hydrogen) atoms. The van der Waals surface area contributed by atoms with Crippen LogP contribution in [0.3, 0.4) is 0 Å². The maximum atomic E-state index is 11.0. The van der Waals surface area contributed by atoms with Gasteiger partial charge in [-0.05, 0) is 43.7 Å². The van der Waals surface area contributed by atoms with Gasteiger partial charge in [0.1, 0.15) is 5.82 Å². The van der Waals surface area contributed by atoms with Crippen molar-refractivity contribution in [2.75, 3.05) is 0 Å². The van der Waals surface area contributed by atoms with E-state index in [0.29, 0.717) is 6.42 Å². The van der Waals surface area contributed by atoms with Crippen molar-refractivity contribution in [2.24, 2.45) is 0 Å². The number of imidazole rings is 1. The standard InChI is InChI=1S/C19H18N4O/c1-14(24)3-6-17-12-21-19(22-15(17)2)11-16-4-7-18(8-5-16)23-10-9-20-13-23/h3-10,12-13H,11H2,1-2H3/b6-3-. The van der Waals surface area contributed by atoms with Gasteiger partial charge in [-0.3, -0.25) is 4.79 Å². The Hall–Kier alpha value is -3.08. The number of carbonyl (C=O) groups excluding carboxylic acids is 1. The first-order valence-electron chi connectivity index (χ1n) is 7.70. The van der Waals surface area contributed by atoms with Crippen molar-refractivity contribution >= 4 is 11.9 Å². The van der Waals surface area contributed by atoms with Gasteiger partial charge in [-0.1, -0.05) is 12.1 Å². The zero-order valence-electron chi connectivity index (χ0n) is 13.7. The maximum absolute atomic E-state index is 11.0. The third kappa shape index (κ3) is 3.81. The third-order valence-corrected chi connectivity index (χ3v) is 3.67. The molecule has 0 radical (unpaired) electrons. The highest BCUT2D eigenvalue weighted by Crippen LogP contribution is 2.13. The van der Waals surface area contributed by atoms with E-state index in [2.05, 4.69) is 27.1 Å². The van der Waals surface area contributed by atoms with Crippen LogP contribution in [-0.4, -0.2) is 25.3 Å². The van der Waals surface area contributed by atoms with Crippen molar-refractivity contribution in [1.82, 2.24) is 19.5 Å². The molecule has 1 aromatic carbocycles. The molecular formula is C19H18N4O. The molecule has 0 amide bonds. The van der Waals surface area contributed by atoms with Crippen molar-refractivity contribution in [3.05, 3.63) is 77.9 Å². The van der Waals surface area contributed by atoms with Crippen LogP contribution in [0.25, 0.3) is 11.8 Å². The van der Waals surface area contributed by atoms with E-state index in [0.717, 1.165) is 28.3 Å². The van der Waals surface area contributed by atoms with Crippen molar-refractivity contribution in [3.63, 3.8) is 0 Å². The molecule has 3 aromatic rings. The van der Waals surface area contributed by atoms with Crippen molar-refractivity contribution < 1.29 is 4.79 Å². The van der Waals surface area contributed by atoms with Gasteiger partial charge in [0.05, 0.1) is 6.33 Å². The molecule has 0 aliphatic carbocycles. The van der Waals surface area contributed by atoms with Crippen LogP contribution in [0.15, 0.2) is 55.3 Å². The Balaban J connectivity index is 1.74. The molecule has 3 rings (SSSR count). The summed E-state index contributed by atoms with van der Waals surface area (Å²) in [4.78, 5) is 24.0. The number of hydrogen-bond acceptors (Lipinski definition) is 4. The van der Waals surface area contributed by atoms with E-state index in [9.17, 15) is 4.79 Å². The van der Waals surface area contributed by atoms with Gasteiger partial charge >= 0.3 is 0 Å². The smallest absolute Gasteiger partial charge is 0.152 e. The van der Waals surface area contributed by atoms with Gasteiger partial charge in [-0.15, -0.1) is 0 Å². The second kappa shape index (κ2) is 7.00. The summed E-state index contributed by atoms with van der Waals surface area (Å²) < 4.78 is 1.96. The summed E-state index contributed by atoms with van der Waals surface area (Å²) in [6.45, 7) is 3.45. The van der Waals surface area contributed by atoms with Gasteiger partial charge in [0.25, 0.3) is 0 Å². The Bertz CT molecular complexity index is 865. The molecule has 0 spiro atoms. The molecular weight excluding hydrogens is 300 g/mol. The number of benzene rings is 1. The van der Waals surface area contributed by atoms with Crippen LogP contribution in [0, 0.1) is 6.92 Å². The normalized spacial score (nSPS) is 11.1. The Morgan fingerprint density at radius 1 is 1.25 bits per heavy atom. The van der Waals surface area contributed by atoms with Gasteiger partial charge in [-0.2, -0.15) is 0 Å². The fraction of sp³-hybridized carbons (Fsp3) is 0.158. The Morgan fingerprint density at radius 3 is 2.67 bits per heavy atom. The highest BCUT2D eigenvalue weighted by molar-refractivity contribution is 5.91. The van der Waals surface area contributed by atoms with E-state index in [4.69, 9.17) is 0 Å². The summed E-state index contributed by atoms with van der Waals surface area (Å²) in [7, 11) is 0. The van der Waals surface area contributed by atoms with Crippen LogP contribution in [0.4, 0.5) is 0 Å². The zero-order chi connectivity index (χ0) is 16.9. The first-order valence-corrected chi connectivity index (χ1v) is 7.70. The third-order valence-electron chi connectivity index (χ3n) is 3.67. The van der Waals surface area contributed by atoms with E-state index in [1.54, 1.807) is 24.8 Å². The SMILES string of the molecule is CC(=O)/C=C\c1cnc(Cc2ccc(-n3ccnc3)cc2)nc1C. The molecule has 120 valence electrons. The summed E-state index contributed by atoms with van der Waals surface area (Å²) in [5, 5.41) is 0. The zero-order valence-corrected chi connectivity index (χ0v) is 13.7. The monoisotopic (exact) mass is 318 g/mol. The minimum absolute atomic E-state index is 0.0106. The first kappa shape index (κ1) is 15.8. The van der Waals surface area contributed by atoms with Crippen molar-refractivity contribution in [3.8, 4) is 5.69 Å². The van der Waals surface area contributed by atoms with Crippen LogP contribution in [-0.2, 0) is 11.2 Å². The van der Waals surface area contributed by atoms with E-state index in [1.807, 2.05) is 29.8 Å². The molecule has 0 atom stereocenters. The second-order valence-electron chi connectivity index (χ2n) is 5.58. The molecule has 0 unspecified atom stereocenters. The second-order valence-corrected chi connectivity index (χ2v) is 5.58. The molecule has 0 bridgehead atoms. The van der Waals surface area contributed by atoms with Crippen molar-refractivity contribution in [2.45, 2.75) is 20.3 Å². The lowest BCUT2D eigenvalue weighted by atomic mass is 10.1. The fourth-order valence-electron chi connectivity index (χ4n) is 2.36. The highest BCUT2D eigenvalue weighted by Gasteiger charge is 2.04. The van der Waals surface area contributed by atoms with E-state index in [-0.39, 0.29) is 5.78 Å². The summed E-state index contributed by atoms with van der Waals surface area (Å²) >= 11 is 0. The maximum Gasteiger partial charge on any atom is 0.152 e.